The first-order valence-corrected chi connectivity index (χ1v) is 10.6. The van der Waals surface area contributed by atoms with Gasteiger partial charge in [0.05, 0.1) is 19.8 Å². The molecule has 1 aliphatic heterocycles. The molecule has 1 N–H and O–H groups in total. The van der Waals surface area contributed by atoms with Gasteiger partial charge in [-0.15, -0.1) is 0 Å². The molecule has 1 heterocycles. The molecule has 4 heteroatoms. The largest absolute Gasteiger partial charge is 0.493 e. The van der Waals surface area contributed by atoms with E-state index in [2.05, 4.69) is 81.5 Å². The summed E-state index contributed by atoms with van der Waals surface area (Å²) < 4.78 is 11.7. The molecule has 3 rings (SSSR count). The molecule has 0 aliphatic carbocycles. The van der Waals surface area contributed by atoms with Gasteiger partial charge in [-0.3, -0.25) is 0 Å². The van der Waals surface area contributed by atoms with Crippen molar-refractivity contribution in [2.24, 2.45) is 0 Å². The number of nitrogens with one attached hydrogen (secondary N) is 1. The maximum atomic E-state index is 6.11. The van der Waals surface area contributed by atoms with Gasteiger partial charge in [-0.05, 0) is 66.7 Å². The number of nitrogens with zero attached hydrogens (tertiary/aromatic N) is 1. The molecule has 0 saturated heterocycles. The van der Waals surface area contributed by atoms with Crippen molar-refractivity contribution in [2.45, 2.75) is 45.1 Å². The lowest BCUT2D eigenvalue weighted by Crippen LogP contribution is -2.30. The van der Waals surface area contributed by atoms with E-state index in [0.717, 1.165) is 37.4 Å². The number of hydrogen-bond acceptors (Lipinski definition) is 4. The average molecular weight is 397 g/mol. The van der Waals surface area contributed by atoms with Crippen molar-refractivity contribution in [2.75, 3.05) is 40.9 Å². The van der Waals surface area contributed by atoms with E-state index < -0.39 is 0 Å². The van der Waals surface area contributed by atoms with Crippen LogP contribution < -0.4 is 14.8 Å². The van der Waals surface area contributed by atoms with E-state index in [4.69, 9.17) is 9.47 Å². The van der Waals surface area contributed by atoms with Gasteiger partial charge in [-0.2, -0.15) is 0 Å². The third-order valence-electron chi connectivity index (χ3n) is 5.60. The third kappa shape index (κ3) is 5.31. The minimum atomic E-state index is 0.164. The summed E-state index contributed by atoms with van der Waals surface area (Å²) in [5.41, 5.74) is 5.45. The fourth-order valence-electron chi connectivity index (χ4n) is 3.87. The fourth-order valence-corrected chi connectivity index (χ4v) is 3.87. The van der Waals surface area contributed by atoms with E-state index in [1.54, 1.807) is 7.11 Å². The Hall–Kier alpha value is -2.04. The Labute approximate surface area is 176 Å². The molecule has 1 aliphatic rings. The zero-order valence-electron chi connectivity index (χ0n) is 18.8. The molecule has 2 aromatic carbocycles. The van der Waals surface area contributed by atoms with E-state index in [0.29, 0.717) is 6.61 Å². The van der Waals surface area contributed by atoms with Gasteiger partial charge in [0, 0.05) is 13.1 Å². The van der Waals surface area contributed by atoms with E-state index in [-0.39, 0.29) is 11.5 Å². The van der Waals surface area contributed by atoms with Crippen LogP contribution in [0.1, 0.15) is 55.5 Å². The van der Waals surface area contributed by atoms with Crippen molar-refractivity contribution in [3.05, 3.63) is 58.7 Å². The lowest BCUT2D eigenvalue weighted by Gasteiger charge is -2.29. The Balaban J connectivity index is 1.86. The van der Waals surface area contributed by atoms with Crippen molar-refractivity contribution < 1.29 is 9.47 Å². The van der Waals surface area contributed by atoms with Crippen LogP contribution in [0.2, 0.25) is 0 Å². The van der Waals surface area contributed by atoms with E-state index in [9.17, 15) is 0 Å². The summed E-state index contributed by atoms with van der Waals surface area (Å²) in [7, 11) is 5.89. The first-order chi connectivity index (χ1) is 13.8. The summed E-state index contributed by atoms with van der Waals surface area (Å²) in [6.07, 6.45) is 1.99. The van der Waals surface area contributed by atoms with Crippen molar-refractivity contribution in [1.29, 1.82) is 0 Å². The number of benzene rings is 2. The van der Waals surface area contributed by atoms with Gasteiger partial charge in [0.2, 0.25) is 0 Å². The van der Waals surface area contributed by atoms with Crippen LogP contribution in [-0.2, 0) is 11.8 Å². The zero-order valence-corrected chi connectivity index (χ0v) is 18.8. The van der Waals surface area contributed by atoms with Crippen molar-refractivity contribution >= 4 is 0 Å². The van der Waals surface area contributed by atoms with Crippen LogP contribution in [0.15, 0.2) is 36.4 Å². The van der Waals surface area contributed by atoms with Crippen LogP contribution in [0.4, 0.5) is 0 Å². The molecule has 0 fully saturated rings. The zero-order chi connectivity index (χ0) is 21.0. The second-order valence-electron chi connectivity index (χ2n) is 9.22. The van der Waals surface area contributed by atoms with Crippen LogP contribution in [0.25, 0.3) is 0 Å². The Kier molecular flexibility index (Phi) is 6.86. The van der Waals surface area contributed by atoms with Crippen molar-refractivity contribution in [3.8, 4) is 11.5 Å². The Morgan fingerprint density at radius 3 is 2.41 bits per heavy atom. The van der Waals surface area contributed by atoms with Crippen LogP contribution in [0.5, 0.6) is 11.5 Å². The van der Waals surface area contributed by atoms with Gasteiger partial charge in [-0.25, -0.2) is 0 Å². The highest BCUT2D eigenvalue weighted by atomic mass is 16.5. The SMILES string of the molecule is COc1cc2c(cc1OCCCN(C)C)C(c1ccc(C(C)(C)C)cc1)NCC2. The van der Waals surface area contributed by atoms with Crippen LogP contribution >= 0.6 is 0 Å². The normalized spacial score (nSPS) is 16.6. The molecule has 0 amide bonds. The molecular weight excluding hydrogens is 360 g/mol. The van der Waals surface area contributed by atoms with Gasteiger partial charge in [0.1, 0.15) is 0 Å². The molecule has 0 radical (unpaired) electrons. The van der Waals surface area contributed by atoms with Crippen LogP contribution in [0, 0.1) is 0 Å². The first kappa shape index (κ1) is 21.7. The second kappa shape index (κ2) is 9.19. The summed E-state index contributed by atoms with van der Waals surface area (Å²) in [6.45, 7) is 9.42. The van der Waals surface area contributed by atoms with Gasteiger partial charge < -0.3 is 19.7 Å². The first-order valence-electron chi connectivity index (χ1n) is 10.6. The molecule has 0 bridgehead atoms. The highest BCUT2D eigenvalue weighted by Gasteiger charge is 2.24. The molecule has 0 spiro atoms. The maximum Gasteiger partial charge on any atom is 0.161 e. The molecule has 0 aromatic heterocycles. The standard InChI is InChI=1S/C25H36N2O2/c1-25(2,3)20-10-8-18(9-11-20)24-21-17-23(29-15-7-14-27(4)5)22(28-6)16-19(21)12-13-26-24/h8-11,16-17,24,26H,7,12-15H2,1-6H3. The topological polar surface area (TPSA) is 33.7 Å². The van der Waals surface area contributed by atoms with Crippen LogP contribution in [-0.4, -0.2) is 45.8 Å². The number of hydrogen-bond donors (Lipinski definition) is 1. The lowest BCUT2D eigenvalue weighted by atomic mass is 9.84. The summed E-state index contributed by atoms with van der Waals surface area (Å²) in [5.74, 6) is 1.67. The summed E-state index contributed by atoms with van der Waals surface area (Å²) in [4.78, 5) is 2.18. The number of methoxy groups -OCH3 is 1. The van der Waals surface area contributed by atoms with E-state index in [1.165, 1.54) is 22.3 Å². The Morgan fingerprint density at radius 1 is 1.07 bits per heavy atom. The van der Waals surface area contributed by atoms with Gasteiger partial charge >= 0.3 is 0 Å². The van der Waals surface area contributed by atoms with Crippen molar-refractivity contribution in [3.63, 3.8) is 0 Å². The predicted molar refractivity (Wildman–Crippen MR) is 120 cm³/mol. The predicted octanol–water partition coefficient (Wildman–Crippen LogP) is 4.56. The van der Waals surface area contributed by atoms with Crippen molar-refractivity contribution in [1.82, 2.24) is 10.2 Å². The highest BCUT2D eigenvalue weighted by Crippen LogP contribution is 2.38. The summed E-state index contributed by atoms with van der Waals surface area (Å²) >= 11 is 0. The van der Waals surface area contributed by atoms with Crippen LogP contribution in [0.3, 0.4) is 0 Å². The summed E-state index contributed by atoms with van der Waals surface area (Å²) in [6, 6.07) is 13.6. The van der Waals surface area contributed by atoms with E-state index >= 15 is 0 Å². The lowest BCUT2D eigenvalue weighted by molar-refractivity contribution is 0.267. The second-order valence-corrected chi connectivity index (χ2v) is 9.22. The molecule has 29 heavy (non-hydrogen) atoms. The van der Waals surface area contributed by atoms with Gasteiger partial charge in [0.15, 0.2) is 11.5 Å². The molecule has 2 aromatic rings. The number of fused-ring (bicyclic) bond motifs is 1. The van der Waals surface area contributed by atoms with Gasteiger partial charge in [0.25, 0.3) is 0 Å². The molecule has 1 atom stereocenters. The maximum absolute atomic E-state index is 6.11. The number of ether oxygens (including phenoxy) is 2. The minimum absolute atomic E-state index is 0.164. The quantitative estimate of drug-likeness (QED) is 0.696. The fraction of sp³-hybridized carbons (Fsp3) is 0.520. The molecule has 0 saturated carbocycles. The molecular formula is C25H36N2O2. The molecule has 1 unspecified atom stereocenters. The Morgan fingerprint density at radius 2 is 1.79 bits per heavy atom. The van der Waals surface area contributed by atoms with E-state index in [1.807, 2.05) is 0 Å². The van der Waals surface area contributed by atoms with Gasteiger partial charge in [-0.1, -0.05) is 45.0 Å². The molecule has 158 valence electrons. The number of rotatable bonds is 7. The monoisotopic (exact) mass is 396 g/mol. The third-order valence-corrected chi connectivity index (χ3v) is 5.60. The highest BCUT2D eigenvalue weighted by molar-refractivity contribution is 5.51. The smallest absolute Gasteiger partial charge is 0.161 e. The molecule has 4 nitrogen and oxygen atoms in total. The minimum Gasteiger partial charge on any atom is -0.493 e. The summed E-state index contributed by atoms with van der Waals surface area (Å²) in [5, 5.41) is 3.69. The Bertz CT molecular complexity index is 807. The average Bonchev–Trinajstić information content (AvgIpc) is 2.69.